The maximum atomic E-state index is 14.0. The van der Waals surface area contributed by atoms with E-state index in [9.17, 15) is 9.59 Å². The van der Waals surface area contributed by atoms with Crippen LogP contribution in [-0.4, -0.2) is 58.3 Å². The van der Waals surface area contributed by atoms with E-state index in [0.29, 0.717) is 24.4 Å². The Kier molecular flexibility index (Phi) is 8.47. The molecule has 1 aliphatic heterocycles. The van der Waals surface area contributed by atoms with Crippen LogP contribution in [0.15, 0.2) is 54.6 Å². The van der Waals surface area contributed by atoms with Crippen molar-refractivity contribution in [2.75, 3.05) is 19.1 Å². The summed E-state index contributed by atoms with van der Waals surface area (Å²) in [7, 11) is 5.08. The first kappa shape index (κ1) is 28.0. The highest BCUT2D eigenvalue weighted by atomic mass is 35.5. The number of anilines is 1. The molecule has 4 aromatic rings. The minimum absolute atomic E-state index is 0. The van der Waals surface area contributed by atoms with Crippen LogP contribution in [0.25, 0.3) is 22.2 Å². The Balaban J connectivity index is 0.00000353. The van der Waals surface area contributed by atoms with Crippen molar-refractivity contribution in [3.05, 3.63) is 65.7 Å². The average Bonchev–Trinajstić information content (AvgIpc) is 3.33. The molecule has 0 bridgehead atoms. The molecule has 2 heterocycles. The summed E-state index contributed by atoms with van der Waals surface area (Å²) < 4.78 is 5.75. The van der Waals surface area contributed by atoms with Gasteiger partial charge >= 0.3 is 0 Å². The molecule has 1 aliphatic rings. The van der Waals surface area contributed by atoms with Crippen LogP contribution in [0, 0.1) is 0 Å². The first-order chi connectivity index (χ1) is 18.4. The second-order valence-electron chi connectivity index (χ2n) is 9.45. The van der Waals surface area contributed by atoms with E-state index >= 15 is 0 Å². The molecular weight excluding hydrogens is 518 g/mol. The monoisotopic (exact) mass is 549 g/mol. The highest BCUT2D eigenvalue weighted by Gasteiger charge is 2.33. The second-order valence-corrected chi connectivity index (χ2v) is 9.45. The number of fused-ring (bicyclic) bond motifs is 2. The standard InChI is InChI=1S/C28H31N7O3.ClH/c1-17(29-2)27(36)30-23-13-10-18-7-5-6-8-24(18)35(28(23)37)16-22-21-12-9-20(26-31-33-34(3)32-26)15-19(21)11-14-25(22)38-4;/h5-9,11-12,14-15,17,23,29H,10,13,16H2,1-4H3,(H,30,36);1H. The molecule has 2 unspecified atom stereocenters. The van der Waals surface area contributed by atoms with E-state index in [4.69, 9.17) is 4.74 Å². The molecule has 10 nitrogen and oxygen atoms in total. The molecule has 2 N–H and O–H groups in total. The number of methoxy groups -OCH3 is 1. The molecule has 0 saturated heterocycles. The maximum Gasteiger partial charge on any atom is 0.249 e. The summed E-state index contributed by atoms with van der Waals surface area (Å²) in [4.78, 5) is 29.8. The quantitative estimate of drug-likeness (QED) is 0.364. The Bertz CT molecular complexity index is 1510. The van der Waals surface area contributed by atoms with Crippen LogP contribution in [-0.2, 0) is 29.6 Å². The van der Waals surface area contributed by atoms with Gasteiger partial charge in [0.2, 0.25) is 17.6 Å². The van der Waals surface area contributed by atoms with Crippen molar-refractivity contribution in [2.45, 2.75) is 38.4 Å². The predicted molar refractivity (Wildman–Crippen MR) is 152 cm³/mol. The molecule has 0 spiro atoms. The van der Waals surface area contributed by atoms with Crippen LogP contribution in [0.4, 0.5) is 5.69 Å². The molecule has 5 rings (SSSR count). The lowest BCUT2D eigenvalue weighted by Gasteiger charge is -2.28. The molecular formula is C28H32ClN7O3. The van der Waals surface area contributed by atoms with Crippen molar-refractivity contribution < 1.29 is 14.3 Å². The minimum Gasteiger partial charge on any atom is -0.496 e. The Labute approximate surface area is 233 Å². The Morgan fingerprint density at radius 1 is 1.18 bits per heavy atom. The van der Waals surface area contributed by atoms with Gasteiger partial charge in [-0.3, -0.25) is 9.59 Å². The van der Waals surface area contributed by atoms with E-state index in [2.05, 4.69) is 26.0 Å². The average molecular weight is 550 g/mol. The predicted octanol–water partition coefficient (Wildman–Crippen LogP) is 3.03. The van der Waals surface area contributed by atoms with Gasteiger partial charge in [-0.25, -0.2) is 0 Å². The zero-order chi connectivity index (χ0) is 26.8. The van der Waals surface area contributed by atoms with Gasteiger partial charge < -0.3 is 20.3 Å². The molecule has 2 atom stereocenters. The molecule has 11 heteroatoms. The van der Waals surface area contributed by atoms with Crippen LogP contribution >= 0.6 is 12.4 Å². The summed E-state index contributed by atoms with van der Waals surface area (Å²) in [6, 6.07) is 16.7. The summed E-state index contributed by atoms with van der Waals surface area (Å²) >= 11 is 0. The summed E-state index contributed by atoms with van der Waals surface area (Å²) in [5, 5.41) is 20.2. The number of para-hydroxylation sites is 1. The number of ether oxygens (including phenoxy) is 1. The third-order valence-electron chi connectivity index (χ3n) is 7.08. The van der Waals surface area contributed by atoms with Crippen LogP contribution in [0.5, 0.6) is 5.75 Å². The van der Waals surface area contributed by atoms with E-state index in [-0.39, 0.29) is 30.8 Å². The molecule has 2 amide bonds. The molecule has 0 aliphatic carbocycles. The molecule has 0 saturated carbocycles. The Morgan fingerprint density at radius 3 is 2.69 bits per heavy atom. The van der Waals surface area contributed by atoms with E-state index in [1.807, 2.05) is 54.6 Å². The number of carbonyl (C=O) groups is 2. The number of likely N-dealkylation sites (N-methyl/N-ethyl adjacent to an activating group) is 1. The van der Waals surface area contributed by atoms with Gasteiger partial charge in [-0.15, -0.1) is 22.6 Å². The number of hydrogen-bond acceptors (Lipinski definition) is 7. The number of nitrogens with one attached hydrogen (secondary N) is 2. The summed E-state index contributed by atoms with van der Waals surface area (Å²) in [6.07, 6.45) is 1.20. The molecule has 39 heavy (non-hydrogen) atoms. The molecule has 1 aromatic heterocycles. The van der Waals surface area contributed by atoms with Gasteiger partial charge in [0.15, 0.2) is 0 Å². The highest BCUT2D eigenvalue weighted by Crippen LogP contribution is 2.35. The van der Waals surface area contributed by atoms with Gasteiger partial charge in [0.05, 0.1) is 26.7 Å². The van der Waals surface area contributed by atoms with Crippen molar-refractivity contribution in [1.82, 2.24) is 30.8 Å². The molecule has 0 radical (unpaired) electrons. The SMILES string of the molecule is CNC(C)C(=O)NC1CCc2ccccc2N(Cc2c(OC)ccc3cc(-c4nnn(C)n4)ccc23)C1=O.Cl. The number of halogens is 1. The van der Waals surface area contributed by atoms with E-state index in [1.165, 1.54) is 4.80 Å². The lowest BCUT2D eigenvalue weighted by Crippen LogP contribution is -2.52. The topological polar surface area (TPSA) is 114 Å². The van der Waals surface area contributed by atoms with Crippen LogP contribution < -0.4 is 20.3 Å². The van der Waals surface area contributed by atoms with Crippen LogP contribution in [0.1, 0.15) is 24.5 Å². The Hall–Kier alpha value is -4.02. The van der Waals surface area contributed by atoms with Crippen molar-refractivity contribution >= 4 is 40.7 Å². The molecule has 0 fully saturated rings. The third-order valence-corrected chi connectivity index (χ3v) is 7.08. The van der Waals surface area contributed by atoms with Gasteiger partial charge in [0.25, 0.3) is 0 Å². The number of benzene rings is 3. The fourth-order valence-electron chi connectivity index (χ4n) is 4.87. The van der Waals surface area contributed by atoms with Crippen LogP contribution in [0.2, 0.25) is 0 Å². The Morgan fingerprint density at radius 2 is 1.97 bits per heavy atom. The summed E-state index contributed by atoms with van der Waals surface area (Å²) in [5.74, 6) is 0.871. The van der Waals surface area contributed by atoms with Crippen molar-refractivity contribution in [3.8, 4) is 17.1 Å². The van der Waals surface area contributed by atoms with Crippen LogP contribution in [0.3, 0.4) is 0 Å². The fraction of sp³-hybridized carbons (Fsp3) is 0.321. The third kappa shape index (κ3) is 5.57. The number of aryl methyl sites for hydroxylation is 2. The minimum atomic E-state index is -0.638. The van der Waals surface area contributed by atoms with Gasteiger partial charge in [-0.05, 0) is 66.6 Å². The van der Waals surface area contributed by atoms with Crippen molar-refractivity contribution in [3.63, 3.8) is 0 Å². The van der Waals surface area contributed by atoms with Gasteiger partial charge in [-0.2, -0.15) is 4.80 Å². The lowest BCUT2D eigenvalue weighted by molar-refractivity contribution is -0.128. The van der Waals surface area contributed by atoms with Crippen molar-refractivity contribution in [2.24, 2.45) is 7.05 Å². The van der Waals surface area contributed by atoms with Crippen molar-refractivity contribution in [1.29, 1.82) is 0 Å². The fourth-order valence-corrected chi connectivity index (χ4v) is 4.87. The molecule has 204 valence electrons. The van der Waals surface area contributed by atoms with E-state index in [0.717, 1.165) is 33.2 Å². The number of tetrazole rings is 1. The zero-order valence-electron chi connectivity index (χ0n) is 22.3. The number of aromatic nitrogens is 4. The highest BCUT2D eigenvalue weighted by molar-refractivity contribution is 6.02. The number of rotatable bonds is 7. The van der Waals surface area contributed by atoms with E-state index in [1.54, 1.807) is 33.0 Å². The largest absolute Gasteiger partial charge is 0.496 e. The smallest absolute Gasteiger partial charge is 0.249 e. The van der Waals surface area contributed by atoms with E-state index < -0.39 is 12.1 Å². The second kappa shape index (κ2) is 11.8. The number of carbonyl (C=O) groups excluding carboxylic acids is 2. The first-order valence-corrected chi connectivity index (χ1v) is 12.6. The maximum absolute atomic E-state index is 14.0. The first-order valence-electron chi connectivity index (χ1n) is 12.6. The van der Waals surface area contributed by atoms with Gasteiger partial charge in [0, 0.05) is 16.8 Å². The number of amides is 2. The number of nitrogens with zero attached hydrogens (tertiary/aromatic N) is 5. The lowest BCUT2D eigenvalue weighted by atomic mass is 10.00. The molecule has 3 aromatic carbocycles. The van der Waals surface area contributed by atoms with Gasteiger partial charge in [0.1, 0.15) is 11.8 Å². The number of hydrogen-bond donors (Lipinski definition) is 2. The summed E-state index contributed by atoms with van der Waals surface area (Å²) in [6.45, 7) is 2.06. The zero-order valence-corrected chi connectivity index (χ0v) is 23.2. The normalized spacial score (nSPS) is 15.7. The van der Waals surface area contributed by atoms with Gasteiger partial charge in [-0.1, -0.05) is 36.4 Å². The summed E-state index contributed by atoms with van der Waals surface area (Å²) in [5.41, 5.74) is 3.63.